The zero-order valence-electron chi connectivity index (χ0n) is 19.1. The van der Waals surface area contributed by atoms with Crippen LogP contribution in [-0.4, -0.2) is 38.6 Å². The molecule has 2 N–H and O–H groups in total. The van der Waals surface area contributed by atoms with Crippen molar-refractivity contribution in [3.63, 3.8) is 0 Å². The maximum Gasteiger partial charge on any atom is 0.279 e. The van der Waals surface area contributed by atoms with Gasteiger partial charge in [-0.15, -0.1) is 0 Å². The van der Waals surface area contributed by atoms with Crippen LogP contribution in [0, 0.1) is 18.3 Å². The molecule has 0 amide bonds. The molecule has 0 aliphatic rings. The Labute approximate surface area is 199 Å². The van der Waals surface area contributed by atoms with Crippen molar-refractivity contribution in [1.29, 1.82) is 5.26 Å². The Balaban J connectivity index is 1.83. The summed E-state index contributed by atoms with van der Waals surface area (Å²) < 4.78 is 11.6. The average Bonchev–Trinajstić information content (AvgIpc) is 2.88. The van der Waals surface area contributed by atoms with Crippen LogP contribution < -0.4 is 20.8 Å². The Morgan fingerprint density at radius 1 is 0.857 bits per heavy atom. The highest BCUT2D eigenvalue weighted by molar-refractivity contribution is 5.98. The smallest absolute Gasteiger partial charge is 0.279 e. The number of nitrogens with two attached hydrogens (primary N) is 1. The quantitative estimate of drug-likeness (QED) is 0.396. The Bertz CT molecular complexity index is 1700. The van der Waals surface area contributed by atoms with Crippen molar-refractivity contribution in [3.05, 3.63) is 70.3 Å². The average molecular weight is 465 g/mol. The molecule has 172 valence electrons. The van der Waals surface area contributed by atoms with Crippen LogP contribution in [0.1, 0.15) is 11.4 Å². The molecule has 10 heteroatoms. The van der Waals surface area contributed by atoms with Gasteiger partial charge in [0.15, 0.2) is 5.65 Å². The van der Waals surface area contributed by atoms with Gasteiger partial charge in [-0.3, -0.25) is 4.79 Å². The molecule has 2 aromatic carbocycles. The molecule has 0 fully saturated rings. The lowest BCUT2D eigenvalue weighted by molar-refractivity contribution is 0.415. The lowest BCUT2D eigenvalue weighted by Crippen LogP contribution is -2.23. The van der Waals surface area contributed by atoms with Crippen LogP contribution in [0.25, 0.3) is 39.3 Å². The third-order valence-electron chi connectivity index (χ3n) is 5.61. The van der Waals surface area contributed by atoms with Gasteiger partial charge in [-0.05, 0) is 55.5 Å². The van der Waals surface area contributed by atoms with Gasteiger partial charge in [0, 0.05) is 11.1 Å². The van der Waals surface area contributed by atoms with E-state index in [1.54, 1.807) is 57.5 Å². The van der Waals surface area contributed by atoms with Crippen molar-refractivity contribution < 1.29 is 9.47 Å². The lowest BCUT2D eigenvalue weighted by Gasteiger charge is -2.13. The SMILES string of the molecule is COc1ccc(-c2nc3nc4nc(C)nc(-c5ccc(OC)cc5)c4c(N)n3c(=O)c2C#N)cc1. The number of fused-ring (bicyclic) bond motifs is 2. The summed E-state index contributed by atoms with van der Waals surface area (Å²) >= 11 is 0. The third kappa shape index (κ3) is 3.55. The number of nitriles is 1. The molecule has 0 saturated carbocycles. The number of hydrogen-bond acceptors (Lipinski definition) is 9. The first-order chi connectivity index (χ1) is 16.9. The number of methoxy groups -OCH3 is 2. The summed E-state index contributed by atoms with van der Waals surface area (Å²) in [7, 11) is 3.14. The second-order valence-corrected chi connectivity index (χ2v) is 7.66. The number of hydrogen-bond donors (Lipinski definition) is 1. The molecule has 0 radical (unpaired) electrons. The molecule has 0 aliphatic heterocycles. The fourth-order valence-electron chi connectivity index (χ4n) is 3.90. The van der Waals surface area contributed by atoms with Gasteiger partial charge >= 0.3 is 0 Å². The van der Waals surface area contributed by atoms with E-state index in [9.17, 15) is 10.1 Å². The summed E-state index contributed by atoms with van der Waals surface area (Å²) in [5, 5.41) is 10.2. The molecule has 35 heavy (non-hydrogen) atoms. The topological polar surface area (TPSA) is 141 Å². The minimum atomic E-state index is -0.628. The molecule has 0 spiro atoms. The second-order valence-electron chi connectivity index (χ2n) is 7.66. The van der Waals surface area contributed by atoms with E-state index in [2.05, 4.69) is 19.9 Å². The number of anilines is 1. The number of aryl methyl sites for hydroxylation is 1. The van der Waals surface area contributed by atoms with Crippen molar-refractivity contribution >= 4 is 22.6 Å². The first kappa shape index (κ1) is 21.8. The van der Waals surface area contributed by atoms with Crippen molar-refractivity contribution in [2.75, 3.05) is 20.0 Å². The molecule has 0 unspecified atom stereocenters. The standard InChI is InChI=1S/C25H19N7O3/c1-13-28-21(15-6-10-17(35-3)11-7-15)19-22(27)32-24(33)18(12-26)20(30-25(32)31-23(19)29-13)14-4-8-16(34-2)9-5-14/h4-11H,27H2,1-3H3. The van der Waals surface area contributed by atoms with E-state index in [0.717, 1.165) is 9.96 Å². The maximum absolute atomic E-state index is 13.4. The summed E-state index contributed by atoms with van der Waals surface area (Å²) in [5.74, 6) is 1.88. The monoisotopic (exact) mass is 465 g/mol. The molecule has 5 aromatic rings. The fourth-order valence-corrected chi connectivity index (χ4v) is 3.90. The van der Waals surface area contributed by atoms with Crippen molar-refractivity contribution in [3.8, 4) is 40.1 Å². The van der Waals surface area contributed by atoms with Gasteiger partial charge in [0.2, 0.25) is 5.78 Å². The Morgan fingerprint density at radius 3 is 1.97 bits per heavy atom. The summed E-state index contributed by atoms with van der Waals surface area (Å²) in [6, 6.07) is 16.1. The van der Waals surface area contributed by atoms with Gasteiger partial charge < -0.3 is 15.2 Å². The van der Waals surface area contributed by atoms with Crippen LogP contribution in [0.2, 0.25) is 0 Å². The maximum atomic E-state index is 13.4. The highest BCUT2D eigenvalue weighted by Crippen LogP contribution is 2.31. The third-order valence-corrected chi connectivity index (χ3v) is 5.61. The van der Waals surface area contributed by atoms with Crippen molar-refractivity contribution in [2.45, 2.75) is 6.92 Å². The zero-order chi connectivity index (χ0) is 24.7. The van der Waals surface area contributed by atoms with Crippen LogP contribution in [0.3, 0.4) is 0 Å². The van der Waals surface area contributed by atoms with Gasteiger partial charge in [0.1, 0.15) is 34.8 Å². The van der Waals surface area contributed by atoms with E-state index in [1.165, 1.54) is 0 Å². The van der Waals surface area contributed by atoms with E-state index in [1.807, 2.05) is 18.2 Å². The van der Waals surface area contributed by atoms with E-state index < -0.39 is 5.56 Å². The minimum absolute atomic E-state index is 0.0311. The predicted molar refractivity (Wildman–Crippen MR) is 130 cm³/mol. The first-order valence-electron chi connectivity index (χ1n) is 10.5. The normalized spacial score (nSPS) is 10.9. The molecule has 0 aliphatic carbocycles. The molecule has 0 saturated heterocycles. The number of aromatic nitrogens is 5. The van der Waals surface area contributed by atoms with Crippen LogP contribution in [0.4, 0.5) is 5.82 Å². The van der Waals surface area contributed by atoms with E-state index >= 15 is 0 Å². The van der Waals surface area contributed by atoms with E-state index in [0.29, 0.717) is 34.0 Å². The summed E-state index contributed by atoms with van der Waals surface area (Å²) in [4.78, 5) is 31.5. The first-order valence-corrected chi connectivity index (χ1v) is 10.5. The van der Waals surface area contributed by atoms with Gasteiger partial charge in [-0.1, -0.05) is 0 Å². The molecule has 0 atom stereocenters. The number of rotatable bonds is 4. The van der Waals surface area contributed by atoms with Crippen LogP contribution in [-0.2, 0) is 0 Å². The predicted octanol–water partition coefficient (Wildman–Crippen LogP) is 3.15. The molecule has 3 aromatic heterocycles. The highest BCUT2D eigenvalue weighted by Gasteiger charge is 2.21. The highest BCUT2D eigenvalue weighted by atomic mass is 16.5. The number of ether oxygens (including phenoxy) is 2. The number of nitrogen functional groups attached to an aromatic ring is 1. The van der Waals surface area contributed by atoms with Crippen molar-refractivity contribution in [2.24, 2.45) is 0 Å². The molecular weight excluding hydrogens is 446 g/mol. The van der Waals surface area contributed by atoms with E-state index in [-0.39, 0.29) is 28.5 Å². The van der Waals surface area contributed by atoms with Gasteiger partial charge in [-0.2, -0.15) is 10.2 Å². The van der Waals surface area contributed by atoms with Crippen LogP contribution in [0.15, 0.2) is 53.3 Å². The van der Waals surface area contributed by atoms with Gasteiger partial charge in [0.25, 0.3) is 5.56 Å². The second kappa shape index (κ2) is 8.39. The minimum Gasteiger partial charge on any atom is -0.497 e. The Hall–Kier alpha value is -5.04. The summed E-state index contributed by atoms with van der Waals surface area (Å²) in [6.45, 7) is 1.75. The molecule has 10 nitrogen and oxygen atoms in total. The van der Waals surface area contributed by atoms with Crippen LogP contribution >= 0.6 is 0 Å². The molecular formula is C25H19N7O3. The Kier molecular flexibility index (Phi) is 5.22. The van der Waals surface area contributed by atoms with Gasteiger partial charge in [0.05, 0.1) is 31.0 Å². The lowest BCUT2D eigenvalue weighted by atomic mass is 10.1. The van der Waals surface area contributed by atoms with E-state index in [4.69, 9.17) is 15.2 Å². The summed E-state index contributed by atoms with van der Waals surface area (Å²) in [6.07, 6.45) is 0. The fraction of sp³-hybridized carbons (Fsp3) is 0.120. The Morgan fingerprint density at radius 2 is 1.43 bits per heavy atom. The molecule has 3 heterocycles. The van der Waals surface area contributed by atoms with Crippen molar-refractivity contribution in [1.82, 2.24) is 24.3 Å². The molecule has 0 bridgehead atoms. The van der Waals surface area contributed by atoms with Crippen LogP contribution in [0.5, 0.6) is 11.5 Å². The number of nitrogens with zero attached hydrogens (tertiary/aromatic N) is 6. The summed E-state index contributed by atoms with van der Waals surface area (Å²) in [5.41, 5.74) is 8.03. The number of benzene rings is 2. The van der Waals surface area contributed by atoms with Gasteiger partial charge in [-0.25, -0.2) is 19.4 Å². The largest absolute Gasteiger partial charge is 0.497 e. The molecule has 5 rings (SSSR count). The zero-order valence-corrected chi connectivity index (χ0v) is 19.1.